The van der Waals surface area contributed by atoms with Crippen LogP contribution in [0.15, 0.2) is 30.3 Å². The first-order valence-corrected chi connectivity index (χ1v) is 3.52. The highest BCUT2D eigenvalue weighted by molar-refractivity contribution is 5.21. The molecule has 0 aromatic heterocycles. The highest BCUT2D eigenvalue weighted by atomic mass is 19.1. The molecule has 1 atom stereocenters. The second-order valence-electron chi connectivity index (χ2n) is 2.72. The Hall–Kier alpha value is -0.890. The van der Waals surface area contributed by atoms with Gasteiger partial charge in [0, 0.05) is 0 Å². The van der Waals surface area contributed by atoms with E-state index in [0.29, 0.717) is 5.56 Å². The lowest BCUT2D eigenvalue weighted by Crippen LogP contribution is -2.19. The molecule has 1 unspecified atom stereocenters. The number of hydrogen-bond donors (Lipinski definition) is 1. The molecule has 0 saturated carbocycles. The molecule has 0 saturated heterocycles. The van der Waals surface area contributed by atoms with Crippen molar-refractivity contribution >= 4 is 0 Å². The van der Waals surface area contributed by atoms with Gasteiger partial charge >= 0.3 is 0 Å². The first-order chi connectivity index (χ1) is 5.17. The van der Waals surface area contributed by atoms with Gasteiger partial charge in [0.25, 0.3) is 0 Å². The molecule has 1 rings (SSSR count). The van der Waals surface area contributed by atoms with Crippen LogP contribution in [-0.4, -0.2) is 11.7 Å². The molecule has 0 amide bonds. The zero-order chi connectivity index (χ0) is 8.32. The van der Waals surface area contributed by atoms with E-state index in [-0.39, 0.29) is 0 Å². The molecule has 0 fully saturated rings. The molecule has 0 heterocycles. The fraction of sp³-hybridized carbons (Fsp3) is 0.333. The number of rotatable bonds is 2. The van der Waals surface area contributed by atoms with Crippen LogP contribution in [0.4, 0.5) is 4.39 Å². The molecular weight excluding hydrogens is 143 g/mol. The quantitative estimate of drug-likeness (QED) is 0.689. The Kier molecular flexibility index (Phi) is 2.25. The van der Waals surface area contributed by atoms with Crippen LogP contribution in [0.25, 0.3) is 0 Å². The normalized spacial score (nSPS) is 15.9. The summed E-state index contributed by atoms with van der Waals surface area (Å²) >= 11 is 0. The van der Waals surface area contributed by atoms with Crippen molar-refractivity contribution in [3.8, 4) is 0 Å². The fourth-order valence-corrected chi connectivity index (χ4v) is 0.877. The van der Waals surface area contributed by atoms with Crippen LogP contribution in [-0.2, 0) is 5.67 Å². The average Bonchev–Trinajstić information content (AvgIpc) is 2.06. The molecule has 0 aliphatic heterocycles. The first kappa shape index (κ1) is 8.21. The number of alkyl halides is 1. The topological polar surface area (TPSA) is 20.2 Å². The Morgan fingerprint density at radius 2 is 1.91 bits per heavy atom. The van der Waals surface area contributed by atoms with Gasteiger partial charge in [0.1, 0.15) is 0 Å². The standard InChI is InChI=1S/C9H11FO/c1-9(10,7-11)8-5-3-2-4-6-8/h2-6,11H,7H2,1H3. The second kappa shape index (κ2) is 3.01. The molecule has 0 radical (unpaired) electrons. The summed E-state index contributed by atoms with van der Waals surface area (Å²) in [5, 5.41) is 8.67. The molecule has 1 N–H and O–H groups in total. The third kappa shape index (κ3) is 1.77. The van der Waals surface area contributed by atoms with Crippen molar-refractivity contribution in [2.24, 2.45) is 0 Å². The van der Waals surface area contributed by atoms with Gasteiger partial charge in [-0.3, -0.25) is 0 Å². The van der Waals surface area contributed by atoms with Crippen molar-refractivity contribution in [3.63, 3.8) is 0 Å². The Labute approximate surface area is 65.5 Å². The Morgan fingerprint density at radius 3 is 2.36 bits per heavy atom. The Bertz CT molecular complexity index is 218. The average molecular weight is 154 g/mol. The van der Waals surface area contributed by atoms with E-state index in [9.17, 15) is 4.39 Å². The van der Waals surface area contributed by atoms with E-state index in [4.69, 9.17) is 5.11 Å². The van der Waals surface area contributed by atoms with E-state index >= 15 is 0 Å². The van der Waals surface area contributed by atoms with E-state index in [1.807, 2.05) is 6.07 Å². The van der Waals surface area contributed by atoms with Gasteiger partial charge < -0.3 is 5.11 Å². The summed E-state index contributed by atoms with van der Waals surface area (Å²) in [4.78, 5) is 0. The van der Waals surface area contributed by atoms with Gasteiger partial charge in [0.05, 0.1) is 6.61 Å². The maximum atomic E-state index is 13.3. The number of aliphatic hydroxyl groups is 1. The maximum absolute atomic E-state index is 13.3. The van der Waals surface area contributed by atoms with Crippen molar-refractivity contribution in [2.45, 2.75) is 12.6 Å². The third-order valence-corrected chi connectivity index (χ3v) is 1.67. The van der Waals surface area contributed by atoms with Crippen LogP contribution < -0.4 is 0 Å². The van der Waals surface area contributed by atoms with Gasteiger partial charge in [-0.25, -0.2) is 4.39 Å². The maximum Gasteiger partial charge on any atom is 0.156 e. The lowest BCUT2D eigenvalue weighted by molar-refractivity contribution is 0.0868. The minimum Gasteiger partial charge on any atom is -0.393 e. The number of halogens is 1. The van der Waals surface area contributed by atoms with Gasteiger partial charge in [0.15, 0.2) is 5.67 Å². The van der Waals surface area contributed by atoms with Gasteiger partial charge in [-0.2, -0.15) is 0 Å². The monoisotopic (exact) mass is 154 g/mol. The minimum atomic E-state index is -1.61. The van der Waals surface area contributed by atoms with E-state index in [0.717, 1.165) is 0 Å². The van der Waals surface area contributed by atoms with Crippen molar-refractivity contribution in [1.29, 1.82) is 0 Å². The molecular formula is C9H11FO. The van der Waals surface area contributed by atoms with Crippen molar-refractivity contribution in [2.75, 3.05) is 6.61 Å². The van der Waals surface area contributed by atoms with Gasteiger partial charge in [0.2, 0.25) is 0 Å². The van der Waals surface area contributed by atoms with Crippen LogP contribution >= 0.6 is 0 Å². The Balaban J connectivity index is 2.93. The molecule has 0 aliphatic carbocycles. The number of benzene rings is 1. The molecule has 1 aromatic rings. The van der Waals surface area contributed by atoms with Crippen molar-refractivity contribution in [3.05, 3.63) is 35.9 Å². The summed E-state index contributed by atoms with van der Waals surface area (Å²) < 4.78 is 13.3. The highest BCUT2D eigenvalue weighted by Gasteiger charge is 2.23. The molecule has 1 nitrogen and oxygen atoms in total. The van der Waals surface area contributed by atoms with Gasteiger partial charge in [-0.15, -0.1) is 0 Å². The lowest BCUT2D eigenvalue weighted by atomic mass is 9.99. The van der Waals surface area contributed by atoms with Crippen LogP contribution in [0.1, 0.15) is 12.5 Å². The lowest BCUT2D eigenvalue weighted by Gasteiger charge is -2.16. The summed E-state index contributed by atoms with van der Waals surface area (Å²) in [6, 6.07) is 8.65. The van der Waals surface area contributed by atoms with Crippen LogP contribution in [0.3, 0.4) is 0 Å². The highest BCUT2D eigenvalue weighted by Crippen LogP contribution is 2.23. The molecule has 1 aromatic carbocycles. The van der Waals surface area contributed by atoms with E-state index < -0.39 is 12.3 Å². The third-order valence-electron chi connectivity index (χ3n) is 1.67. The second-order valence-corrected chi connectivity index (χ2v) is 2.72. The molecule has 60 valence electrons. The van der Waals surface area contributed by atoms with Crippen LogP contribution in [0, 0.1) is 0 Å². The predicted molar refractivity (Wildman–Crippen MR) is 42.0 cm³/mol. The molecule has 0 aliphatic rings. The summed E-state index contributed by atoms with van der Waals surface area (Å²) in [5.74, 6) is 0. The van der Waals surface area contributed by atoms with E-state index in [2.05, 4.69) is 0 Å². The minimum absolute atomic E-state index is 0.475. The zero-order valence-electron chi connectivity index (χ0n) is 6.42. The Morgan fingerprint density at radius 1 is 1.36 bits per heavy atom. The fourth-order valence-electron chi connectivity index (χ4n) is 0.877. The number of hydrogen-bond acceptors (Lipinski definition) is 1. The summed E-state index contributed by atoms with van der Waals surface area (Å²) in [5.41, 5.74) is -1.09. The van der Waals surface area contributed by atoms with Crippen molar-refractivity contribution in [1.82, 2.24) is 0 Å². The van der Waals surface area contributed by atoms with E-state index in [1.54, 1.807) is 24.3 Å². The summed E-state index contributed by atoms with van der Waals surface area (Å²) in [7, 11) is 0. The zero-order valence-corrected chi connectivity index (χ0v) is 6.42. The summed E-state index contributed by atoms with van der Waals surface area (Å²) in [6.07, 6.45) is 0. The van der Waals surface area contributed by atoms with Crippen LogP contribution in [0.5, 0.6) is 0 Å². The van der Waals surface area contributed by atoms with E-state index in [1.165, 1.54) is 6.92 Å². The van der Waals surface area contributed by atoms with Crippen LogP contribution in [0.2, 0.25) is 0 Å². The first-order valence-electron chi connectivity index (χ1n) is 3.52. The molecule has 11 heavy (non-hydrogen) atoms. The van der Waals surface area contributed by atoms with Crippen molar-refractivity contribution < 1.29 is 9.50 Å². The smallest absolute Gasteiger partial charge is 0.156 e. The molecule has 0 bridgehead atoms. The molecule has 0 spiro atoms. The summed E-state index contributed by atoms with van der Waals surface area (Å²) in [6.45, 7) is 0.888. The number of aliphatic hydroxyl groups excluding tert-OH is 1. The SMILES string of the molecule is CC(F)(CO)c1ccccc1. The van der Waals surface area contributed by atoms with Gasteiger partial charge in [-0.05, 0) is 12.5 Å². The molecule has 2 heteroatoms. The predicted octanol–water partition coefficient (Wildman–Crippen LogP) is 1.86. The largest absolute Gasteiger partial charge is 0.393 e. The van der Waals surface area contributed by atoms with Gasteiger partial charge in [-0.1, -0.05) is 30.3 Å².